The number of hydrogen-bond acceptors (Lipinski definition) is 5. The maximum atomic E-state index is 10.4. The van der Waals surface area contributed by atoms with Crippen LogP contribution in [0.1, 0.15) is 27.2 Å². The van der Waals surface area contributed by atoms with Gasteiger partial charge in [-0.1, -0.05) is 0 Å². The highest BCUT2D eigenvalue weighted by atomic mass is 32.3. The largest absolute Gasteiger partial charge is 0.397 e. The second-order valence-corrected chi connectivity index (χ2v) is 4.62. The molecule has 0 fully saturated rings. The lowest BCUT2D eigenvalue weighted by Crippen LogP contribution is -2.31. The van der Waals surface area contributed by atoms with Crippen molar-refractivity contribution in [1.29, 1.82) is 0 Å². The summed E-state index contributed by atoms with van der Waals surface area (Å²) in [4.78, 5) is 0. The average Bonchev–Trinajstić information content (AvgIpc) is 1.78. The number of nitrogens with two attached hydrogens (primary N) is 1. The topological polar surface area (TPSA) is 98.9 Å². The zero-order valence-corrected chi connectivity index (χ0v) is 9.37. The quantitative estimate of drug-likeness (QED) is 0.500. The lowest BCUT2D eigenvalue weighted by Gasteiger charge is -2.22. The molecule has 1 atom stereocenters. The molecule has 0 aliphatic carbocycles. The summed E-state index contributed by atoms with van der Waals surface area (Å²) in [6, 6.07) is 0. The van der Waals surface area contributed by atoms with Crippen LogP contribution in [-0.2, 0) is 19.3 Å². The van der Waals surface area contributed by atoms with Crippen LogP contribution < -0.4 is 5.73 Å². The first-order chi connectivity index (χ1) is 6.12. The minimum atomic E-state index is -4.42. The van der Waals surface area contributed by atoms with E-state index in [1.165, 1.54) is 13.8 Å². The number of rotatable bonds is 6. The SMILES string of the molecule is CC(N)OCCC(C)(C)OS(=O)(=O)O. The van der Waals surface area contributed by atoms with E-state index in [0.29, 0.717) is 6.42 Å². The standard InChI is InChI=1S/C7H17NO5S/c1-6(8)12-5-4-7(2,3)13-14(9,10)11/h6H,4-5,8H2,1-3H3,(H,9,10,11). The van der Waals surface area contributed by atoms with Crippen LogP contribution in [-0.4, -0.2) is 31.4 Å². The van der Waals surface area contributed by atoms with Crippen molar-refractivity contribution in [2.24, 2.45) is 5.73 Å². The maximum absolute atomic E-state index is 10.4. The van der Waals surface area contributed by atoms with Gasteiger partial charge in [-0.15, -0.1) is 0 Å². The molecule has 14 heavy (non-hydrogen) atoms. The molecular weight excluding hydrogens is 210 g/mol. The van der Waals surface area contributed by atoms with Crippen molar-refractivity contribution >= 4 is 10.4 Å². The Kier molecular flexibility index (Phi) is 4.96. The predicted octanol–water partition coefficient (Wildman–Crippen LogP) is 0.296. The normalized spacial score (nSPS) is 15.5. The van der Waals surface area contributed by atoms with Crippen molar-refractivity contribution in [3.63, 3.8) is 0 Å². The van der Waals surface area contributed by atoms with Gasteiger partial charge in [-0.05, 0) is 20.8 Å². The predicted molar refractivity (Wildman–Crippen MR) is 50.9 cm³/mol. The number of hydrogen-bond donors (Lipinski definition) is 2. The van der Waals surface area contributed by atoms with Gasteiger partial charge in [0.05, 0.1) is 12.2 Å². The Morgan fingerprint density at radius 3 is 2.36 bits per heavy atom. The van der Waals surface area contributed by atoms with Crippen LogP contribution in [0.3, 0.4) is 0 Å². The summed E-state index contributed by atoms with van der Waals surface area (Å²) in [6.07, 6.45) is -0.0922. The third kappa shape index (κ3) is 8.39. The summed E-state index contributed by atoms with van der Waals surface area (Å²) in [6.45, 7) is 4.99. The summed E-state index contributed by atoms with van der Waals surface area (Å²) < 4.78 is 38.7. The van der Waals surface area contributed by atoms with Gasteiger partial charge in [0, 0.05) is 6.42 Å². The van der Waals surface area contributed by atoms with Gasteiger partial charge in [0.15, 0.2) is 0 Å². The van der Waals surface area contributed by atoms with Gasteiger partial charge in [-0.2, -0.15) is 8.42 Å². The second-order valence-electron chi connectivity index (χ2n) is 3.60. The highest BCUT2D eigenvalue weighted by molar-refractivity contribution is 7.80. The van der Waals surface area contributed by atoms with Crippen molar-refractivity contribution in [3.8, 4) is 0 Å². The van der Waals surface area contributed by atoms with Crippen LogP contribution in [0.25, 0.3) is 0 Å². The molecule has 0 bridgehead atoms. The Balaban J connectivity index is 3.96. The molecule has 0 saturated heterocycles. The van der Waals surface area contributed by atoms with Crippen LogP contribution in [0.4, 0.5) is 0 Å². The first kappa shape index (κ1) is 13.8. The molecule has 0 rings (SSSR count). The summed E-state index contributed by atoms with van der Waals surface area (Å²) >= 11 is 0. The molecule has 7 heteroatoms. The molecule has 0 heterocycles. The minimum Gasteiger partial charge on any atom is -0.364 e. The zero-order valence-electron chi connectivity index (χ0n) is 8.56. The molecule has 0 aliphatic rings. The molecule has 0 spiro atoms. The van der Waals surface area contributed by atoms with Crippen molar-refractivity contribution in [3.05, 3.63) is 0 Å². The third-order valence-corrected chi connectivity index (χ3v) is 2.08. The van der Waals surface area contributed by atoms with Gasteiger partial charge in [0.2, 0.25) is 0 Å². The zero-order chi connectivity index (χ0) is 11.4. The fourth-order valence-corrected chi connectivity index (χ4v) is 1.47. The van der Waals surface area contributed by atoms with E-state index in [1.807, 2.05) is 0 Å². The molecule has 0 amide bonds. The van der Waals surface area contributed by atoms with E-state index in [1.54, 1.807) is 6.92 Å². The van der Waals surface area contributed by atoms with Gasteiger partial charge in [-0.25, -0.2) is 4.18 Å². The fourth-order valence-electron chi connectivity index (χ4n) is 0.817. The average molecular weight is 227 g/mol. The summed E-state index contributed by atoms with van der Waals surface area (Å²) in [7, 11) is -4.42. The van der Waals surface area contributed by atoms with Crippen molar-refractivity contribution in [1.82, 2.24) is 0 Å². The molecule has 0 aromatic heterocycles. The lowest BCUT2D eigenvalue weighted by atomic mass is 10.1. The summed E-state index contributed by atoms with van der Waals surface area (Å²) in [5.41, 5.74) is 4.32. The first-order valence-corrected chi connectivity index (χ1v) is 5.54. The van der Waals surface area contributed by atoms with E-state index in [9.17, 15) is 8.42 Å². The second kappa shape index (κ2) is 5.04. The molecule has 0 aromatic carbocycles. The first-order valence-electron chi connectivity index (χ1n) is 4.18. The highest BCUT2D eigenvalue weighted by Gasteiger charge is 2.25. The van der Waals surface area contributed by atoms with E-state index in [-0.39, 0.29) is 6.61 Å². The smallest absolute Gasteiger partial charge is 0.364 e. The maximum Gasteiger partial charge on any atom is 0.397 e. The molecule has 0 radical (unpaired) electrons. The van der Waals surface area contributed by atoms with Crippen LogP contribution in [0.2, 0.25) is 0 Å². The fraction of sp³-hybridized carbons (Fsp3) is 1.00. The molecule has 0 aliphatic heterocycles. The third-order valence-electron chi connectivity index (χ3n) is 1.42. The Hall–Kier alpha value is -0.210. The monoisotopic (exact) mass is 227 g/mol. The van der Waals surface area contributed by atoms with Crippen LogP contribution >= 0.6 is 0 Å². The highest BCUT2D eigenvalue weighted by Crippen LogP contribution is 2.16. The van der Waals surface area contributed by atoms with Crippen molar-refractivity contribution in [2.75, 3.05) is 6.61 Å². The van der Waals surface area contributed by atoms with E-state index >= 15 is 0 Å². The number of ether oxygens (including phenoxy) is 1. The molecule has 6 nitrogen and oxygen atoms in total. The van der Waals surface area contributed by atoms with E-state index in [2.05, 4.69) is 4.18 Å². The van der Waals surface area contributed by atoms with Gasteiger partial charge in [0.1, 0.15) is 6.23 Å². The van der Waals surface area contributed by atoms with Gasteiger partial charge in [-0.3, -0.25) is 4.55 Å². The van der Waals surface area contributed by atoms with E-state index in [0.717, 1.165) is 0 Å². The van der Waals surface area contributed by atoms with Crippen LogP contribution in [0.5, 0.6) is 0 Å². The molecular formula is C7H17NO5S. The van der Waals surface area contributed by atoms with E-state index in [4.69, 9.17) is 15.0 Å². The summed E-state index contributed by atoms with van der Waals surface area (Å²) in [5, 5.41) is 0. The molecule has 0 aromatic rings. The molecule has 0 saturated carbocycles. The molecule has 3 N–H and O–H groups in total. The van der Waals surface area contributed by atoms with Gasteiger partial charge in [0.25, 0.3) is 0 Å². The van der Waals surface area contributed by atoms with Gasteiger partial charge >= 0.3 is 10.4 Å². The summed E-state index contributed by atoms with van der Waals surface area (Å²) in [5.74, 6) is 0. The Labute approximate surface area is 84.3 Å². The van der Waals surface area contributed by atoms with Gasteiger partial charge < -0.3 is 10.5 Å². The molecule has 1 unspecified atom stereocenters. The molecule has 86 valence electrons. The van der Waals surface area contributed by atoms with Crippen LogP contribution in [0, 0.1) is 0 Å². The van der Waals surface area contributed by atoms with Crippen LogP contribution in [0.15, 0.2) is 0 Å². The lowest BCUT2D eigenvalue weighted by molar-refractivity contribution is 0.0173. The minimum absolute atomic E-state index is 0.264. The Morgan fingerprint density at radius 2 is 2.00 bits per heavy atom. The Morgan fingerprint density at radius 1 is 1.50 bits per heavy atom. The van der Waals surface area contributed by atoms with Crippen molar-refractivity contribution in [2.45, 2.75) is 39.0 Å². The Bertz CT molecular complexity index is 259. The van der Waals surface area contributed by atoms with E-state index < -0.39 is 22.2 Å². The van der Waals surface area contributed by atoms with Crippen molar-refractivity contribution < 1.29 is 21.9 Å².